The smallest absolute Gasteiger partial charge is 0.416 e. The molecule has 1 atom stereocenters. The molecule has 4 aromatic carbocycles. The number of esters is 1. The van der Waals surface area contributed by atoms with Crippen LogP contribution in [0.2, 0.25) is 0 Å². The van der Waals surface area contributed by atoms with Crippen LogP contribution in [0.3, 0.4) is 0 Å². The van der Waals surface area contributed by atoms with Gasteiger partial charge in [0.15, 0.2) is 6.10 Å². The molecule has 0 saturated heterocycles. The van der Waals surface area contributed by atoms with Crippen LogP contribution >= 0.6 is 0 Å². The summed E-state index contributed by atoms with van der Waals surface area (Å²) >= 11 is 0. The van der Waals surface area contributed by atoms with Gasteiger partial charge in [0, 0.05) is 11.3 Å². The number of carbonyl (C=O) groups is 2. The van der Waals surface area contributed by atoms with Crippen molar-refractivity contribution in [1.82, 2.24) is 0 Å². The van der Waals surface area contributed by atoms with Gasteiger partial charge in [-0.1, -0.05) is 54.6 Å². The van der Waals surface area contributed by atoms with Gasteiger partial charge in [-0.25, -0.2) is 4.79 Å². The number of amides is 1. The van der Waals surface area contributed by atoms with Gasteiger partial charge in [-0.15, -0.1) is 0 Å². The molecule has 5 rings (SSSR count). The highest BCUT2D eigenvalue weighted by molar-refractivity contribution is 5.91. The summed E-state index contributed by atoms with van der Waals surface area (Å²) in [6.45, 7) is 5.45. The summed E-state index contributed by atoms with van der Waals surface area (Å²) in [5, 5.41) is 2.57. The van der Waals surface area contributed by atoms with Gasteiger partial charge in [-0.05, 0) is 97.3 Å². The molecule has 45 heavy (non-hydrogen) atoms. The Kier molecular flexibility index (Phi) is 9.29. The molecule has 6 nitrogen and oxygen atoms in total. The molecule has 0 bridgehead atoms. The number of anilines is 1. The van der Waals surface area contributed by atoms with Crippen LogP contribution in [0, 0.1) is 0 Å². The van der Waals surface area contributed by atoms with Crippen LogP contribution in [0.4, 0.5) is 18.9 Å². The number of hydrogen-bond acceptors (Lipinski definition) is 5. The fraction of sp³-hybridized carbons (Fsp3) is 0.278. The first-order chi connectivity index (χ1) is 21.4. The summed E-state index contributed by atoms with van der Waals surface area (Å²) in [6.07, 6.45) is -4.53. The minimum absolute atomic E-state index is 0.137. The monoisotopic (exact) mass is 617 g/mol. The van der Waals surface area contributed by atoms with Gasteiger partial charge in [0.25, 0.3) is 0 Å². The highest BCUT2D eigenvalue weighted by Gasteiger charge is 2.42. The number of halogens is 3. The van der Waals surface area contributed by atoms with Crippen molar-refractivity contribution in [3.63, 3.8) is 0 Å². The normalized spacial score (nSPS) is 13.7. The van der Waals surface area contributed by atoms with E-state index in [2.05, 4.69) is 5.32 Å². The summed E-state index contributed by atoms with van der Waals surface area (Å²) in [4.78, 5) is 24.9. The van der Waals surface area contributed by atoms with Crippen LogP contribution in [-0.2, 0) is 38.3 Å². The predicted octanol–water partition coefficient (Wildman–Crippen LogP) is 8.53. The van der Waals surface area contributed by atoms with E-state index < -0.39 is 29.4 Å². The Labute approximate surface area is 260 Å². The highest BCUT2D eigenvalue weighted by Crippen LogP contribution is 2.47. The van der Waals surface area contributed by atoms with Crippen molar-refractivity contribution in [3.8, 4) is 28.0 Å². The van der Waals surface area contributed by atoms with Crippen molar-refractivity contribution in [3.05, 3.63) is 107 Å². The lowest BCUT2D eigenvalue weighted by atomic mass is 9.84. The first-order valence-corrected chi connectivity index (χ1v) is 14.6. The van der Waals surface area contributed by atoms with Crippen LogP contribution in [0.25, 0.3) is 22.3 Å². The van der Waals surface area contributed by atoms with Crippen molar-refractivity contribution >= 4 is 18.1 Å². The molecule has 0 fully saturated rings. The molecule has 0 saturated carbocycles. The molecule has 1 aliphatic heterocycles. The molecule has 234 valence electrons. The van der Waals surface area contributed by atoms with Crippen LogP contribution < -0.4 is 10.1 Å². The second kappa shape index (κ2) is 13.2. The van der Waals surface area contributed by atoms with Gasteiger partial charge in [-0.3, -0.25) is 4.79 Å². The third kappa shape index (κ3) is 7.54. The maximum atomic E-state index is 14.9. The van der Waals surface area contributed by atoms with E-state index in [0.717, 1.165) is 18.1 Å². The molecule has 1 aliphatic rings. The van der Waals surface area contributed by atoms with E-state index in [1.54, 1.807) is 81.4 Å². The maximum absolute atomic E-state index is 14.9. The molecule has 4 aromatic rings. The lowest BCUT2D eigenvalue weighted by Gasteiger charge is -2.31. The van der Waals surface area contributed by atoms with Gasteiger partial charge in [0.05, 0.1) is 17.8 Å². The first kappa shape index (κ1) is 31.8. The summed E-state index contributed by atoms with van der Waals surface area (Å²) in [6, 6.07) is 23.3. The number of ether oxygens (including phenoxy) is 3. The zero-order valence-corrected chi connectivity index (χ0v) is 25.2. The second-order valence-electron chi connectivity index (χ2n) is 11.8. The molecular formula is C36H34F3NO5. The van der Waals surface area contributed by atoms with Gasteiger partial charge in [-0.2, -0.15) is 13.2 Å². The van der Waals surface area contributed by atoms with Crippen molar-refractivity contribution in [1.29, 1.82) is 0 Å². The van der Waals surface area contributed by atoms with Crippen LogP contribution in [0.15, 0.2) is 84.9 Å². The van der Waals surface area contributed by atoms with Crippen molar-refractivity contribution < 1.29 is 37.0 Å². The van der Waals surface area contributed by atoms with Gasteiger partial charge in [0.1, 0.15) is 12.4 Å². The molecule has 1 N–H and O–H groups in total. The average Bonchev–Trinajstić information content (AvgIpc) is 3.02. The summed E-state index contributed by atoms with van der Waals surface area (Å²) < 4.78 is 62.4. The van der Waals surface area contributed by atoms with Gasteiger partial charge in [0.2, 0.25) is 6.41 Å². The fourth-order valence-electron chi connectivity index (χ4n) is 5.40. The zero-order valence-electron chi connectivity index (χ0n) is 25.2. The van der Waals surface area contributed by atoms with E-state index in [1.807, 2.05) is 12.1 Å². The molecule has 9 heteroatoms. The third-order valence-corrected chi connectivity index (χ3v) is 7.34. The fourth-order valence-corrected chi connectivity index (χ4v) is 5.40. The molecular weight excluding hydrogens is 583 g/mol. The number of alkyl halides is 3. The lowest BCUT2D eigenvalue weighted by Crippen LogP contribution is -2.31. The Bertz CT molecular complexity index is 1660. The van der Waals surface area contributed by atoms with E-state index in [-0.39, 0.29) is 17.7 Å². The number of carbonyl (C=O) groups excluding carboxylic acids is 2. The van der Waals surface area contributed by atoms with E-state index in [4.69, 9.17) is 14.2 Å². The number of benzene rings is 4. The van der Waals surface area contributed by atoms with Crippen molar-refractivity contribution in [2.45, 2.75) is 58.1 Å². The predicted molar refractivity (Wildman–Crippen MR) is 166 cm³/mol. The lowest BCUT2D eigenvalue weighted by molar-refractivity contribution is -0.170. The molecule has 1 unspecified atom stereocenters. The quantitative estimate of drug-likeness (QED) is 0.151. The number of hydrogen-bond donors (Lipinski definition) is 1. The van der Waals surface area contributed by atoms with Gasteiger partial charge < -0.3 is 19.5 Å². The van der Waals surface area contributed by atoms with Crippen LogP contribution in [-0.4, -0.2) is 24.6 Å². The standard InChI is InChI=1S/C36H34F3NO5/c1-35(2,3)45-33(34(42)44-21-23-8-5-4-6-9-23)32-29(36(37,38)39)17-16-28(24-11-14-27(15-12-24)40-22-41)31(32)26-13-18-30-25(20-26)10-7-19-43-30/h4-6,8-9,11-18,20,22,33H,7,10,19,21H2,1-3H3,(H,40,41). The van der Waals surface area contributed by atoms with E-state index in [1.165, 1.54) is 6.07 Å². The Morgan fingerprint density at radius 3 is 2.33 bits per heavy atom. The Morgan fingerprint density at radius 2 is 1.67 bits per heavy atom. The zero-order chi connectivity index (χ0) is 32.2. The summed E-state index contributed by atoms with van der Waals surface area (Å²) in [7, 11) is 0. The van der Waals surface area contributed by atoms with E-state index in [9.17, 15) is 22.8 Å². The highest BCUT2D eigenvalue weighted by atomic mass is 19.4. The van der Waals surface area contributed by atoms with Crippen LogP contribution in [0.1, 0.15) is 55.5 Å². The number of rotatable bonds is 9. The molecule has 1 heterocycles. The number of aryl methyl sites for hydroxylation is 1. The second-order valence-corrected chi connectivity index (χ2v) is 11.8. The molecule has 0 aliphatic carbocycles. The minimum Gasteiger partial charge on any atom is -0.493 e. The number of nitrogens with one attached hydrogen (secondary N) is 1. The molecule has 1 amide bonds. The summed E-state index contributed by atoms with van der Waals surface area (Å²) in [5.74, 6) is -0.265. The Balaban J connectivity index is 1.76. The molecule has 0 spiro atoms. The third-order valence-electron chi connectivity index (χ3n) is 7.34. The van der Waals surface area contributed by atoms with E-state index >= 15 is 0 Å². The minimum atomic E-state index is -4.82. The maximum Gasteiger partial charge on any atom is 0.416 e. The average molecular weight is 618 g/mol. The van der Waals surface area contributed by atoms with Crippen molar-refractivity contribution in [2.75, 3.05) is 11.9 Å². The van der Waals surface area contributed by atoms with Crippen molar-refractivity contribution in [2.24, 2.45) is 0 Å². The SMILES string of the molecule is CC(C)(C)OC(C(=O)OCc1ccccc1)c1c(C(F)(F)F)ccc(-c2ccc(NC=O)cc2)c1-c1ccc2c(c1)CCCO2. The Morgan fingerprint density at radius 1 is 0.956 bits per heavy atom. The van der Waals surface area contributed by atoms with Gasteiger partial charge >= 0.3 is 12.1 Å². The van der Waals surface area contributed by atoms with E-state index in [0.29, 0.717) is 53.1 Å². The molecule has 0 aromatic heterocycles. The Hall–Kier alpha value is -4.63. The topological polar surface area (TPSA) is 73.9 Å². The summed E-state index contributed by atoms with van der Waals surface area (Å²) in [5.41, 5.74) is 1.42. The largest absolute Gasteiger partial charge is 0.493 e. The first-order valence-electron chi connectivity index (χ1n) is 14.6. The van der Waals surface area contributed by atoms with Crippen LogP contribution in [0.5, 0.6) is 5.75 Å². The molecule has 0 radical (unpaired) electrons. The number of fused-ring (bicyclic) bond motifs is 1.